The number of hydrogen-bond acceptors (Lipinski definition) is 2. The van der Waals surface area contributed by atoms with Gasteiger partial charge in [0.05, 0.1) is 5.60 Å². The van der Waals surface area contributed by atoms with Crippen molar-refractivity contribution < 1.29 is 4.74 Å². The van der Waals surface area contributed by atoms with Crippen LogP contribution >= 0.6 is 12.2 Å². The molecule has 1 N–H and O–H groups in total. The third-order valence-electron chi connectivity index (χ3n) is 5.55. The van der Waals surface area contributed by atoms with Crippen LogP contribution in [0.25, 0.3) is 0 Å². The van der Waals surface area contributed by atoms with Gasteiger partial charge in [-0.05, 0) is 68.8 Å². The first-order valence-electron chi connectivity index (χ1n) is 8.79. The molecule has 0 saturated carbocycles. The fourth-order valence-corrected chi connectivity index (χ4v) is 4.40. The van der Waals surface area contributed by atoms with Crippen LogP contribution in [0.2, 0.25) is 0 Å². The Morgan fingerprint density at radius 1 is 1.30 bits per heavy atom. The number of piperidine rings is 1. The Bertz CT molecular complexity index is 546. The lowest BCUT2D eigenvalue weighted by Gasteiger charge is -2.51. The lowest BCUT2D eigenvalue weighted by Crippen LogP contribution is -2.53. The third-order valence-corrected chi connectivity index (χ3v) is 5.91. The van der Waals surface area contributed by atoms with Crippen molar-refractivity contribution >= 4 is 23.0 Å². The molecule has 1 spiro atoms. The molecule has 2 aliphatic heterocycles. The standard InChI is InChI=1S/C19H28N2OS/c1-3-18(2)14-19(11-13-22-18)10-7-12-21(15-19)17(23)20-16-8-5-4-6-9-16/h4-6,8-9H,3,7,10-15H2,1-2H3,(H,20,23). The van der Waals surface area contributed by atoms with E-state index in [1.807, 2.05) is 18.2 Å². The van der Waals surface area contributed by atoms with E-state index in [0.717, 1.165) is 49.8 Å². The van der Waals surface area contributed by atoms with E-state index in [1.54, 1.807) is 0 Å². The van der Waals surface area contributed by atoms with Gasteiger partial charge < -0.3 is 15.0 Å². The van der Waals surface area contributed by atoms with Gasteiger partial charge in [-0.2, -0.15) is 0 Å². The predicted octanol–water partition coefficient (Wildman–Crippen LogP) is 4.44. The molecule has 0 amide bonds. The average Bonchev–Trinajstić information content (AvgIpc) is 2.56. The molecule has 4 heteroatoms. The maximum Gasteiger partial charge on any atom is 0.173 e. The van der Waals surface area contributed by atoms with Crippen LogP contribution in [-0.4, -0.2) is 35.3 Å². The van der Waals surface area contributed by atoms with E-state index < -0.39 is 0 Å². The van der Waals surface area contributed by atoms with Gasteiger partial charge in [-0.3, -0.25) is 0 Å². The van der Waals surface area contributed by atoms with Crippen LogP contribution in [0.5, 0.6) is 0 Å². The Morgan fingerprint density at radius 2 is 2.09 bits per heavy atom. The number of rotatable bonds is 2. The van der Waals surface area contributed by atoms with E-state index in [9.17, 15) is 0 Å². The maximum absolute atomic E-state index is 6.07. The minimum atomic E-state index is 0.0374. The van der Waals surface area contributed by atoms with E-state index in [2.05, 4.69) is 36.2 Å². The van der Waals surface area contributed by atoms with E-state index >= 15 is 0 Å². The molecule has 3 rings (SSSR count). The largest absolute Gasteiger partial charge is 0.375 e. The van der Waals surface area contributed by atoms with Crippen LogP contribution in [0.4, 0.5) is 5.69 Å². The summed E-state index contributed by atoms with van der Waals surface area (Å²) in [6, 6.07) is 10.2. The zero-order chi connectivity index (χ0) is 16.3. The molecule has 3 nitrogen and oxygen atoms in total. The SMILES string of the molecule is CCC1(C)CC2(CCCN(C(=S)Nc3ccccc3)C2)CCO1. The number of thiocarbonyl (C=S) groups is 1. The molecule has 2 heterocycles. The number of ether oxygens (including phenoxy) is 1. The van der Waals surface area contributed by atoms with E-state index in [1.165, 1.54) is 12.8 Å². The van der Waals surface area contributed by atoms with Crippen LogP contribution in [-0.2, 0) is 4.74 Å². The van der Waals surface area contributed by atoms with Gasteiger partial charge in [-0.25, -0.2) is 0 Å². The fourth-order valence-electron chi connectivity index (χ4n) is 4.13. The van der Waals surface area contributed by atoms with Crippen molar-refractivity contribution in [3.05, 3.63) is 30.3 Å². The molecule has 2 atom stereocenters. The molecule has 0 aromatic heterocycles. The molecule has 0 bridgehead atoms. The molecular formula is C19H28N2OS. The average molecular weight is 333 g/mol. The number of hydrogen-bond donors (Lipinski definition) is 1. The number of nitrogens with zero attached hydrogens (tertiary/aromatic N) is 1. The third kappa shape index (κ3) is 3.86. The van der Waals surface area contributed by atoms with E-state index in [4.69, 9.17) is 17.0 Å². The Hall–Kier alpha value is -1.13. The first kappa shape index (κ1) is 16.7. The summed E-state index contributed by atoms with van der Waals surface area (Å²) in [4.78, 5) is 2.37. The molecule has 1 aromatic rings. The first-order chi connectivity index (χ1) is 11.0. The summed E-state index contributed by atoms with van der Waals surface area (Å²) in [5.41, 5.74) is 1.47. The van der Waals surface area contributed by atoms with Gasteiger partial charge in [0.1, 0.15) is 0 Å². The molecule has 0 radical (unpaired) electrons. The quantitative estimate of drug-likeness (QED) is 0.809. The summed E-state index contributed by atoms with van der Waals surface area (Å²) in [5, 5.41) is 4.26. The van der Waals surface area contributed by atoms with Crippen molar-refractivity contribution in [2.45, 2.75) is 51.6 Å². The highest BCUT2D eigenvalue weighted by Gasteiger charge is 2.44. The zero-order valence-corrected chi connectivity index (χ0v) is 15.1. The second-order valence-electron chi connectivity index (χ2n) is 7.40. The Balaban J connectivity index is 1.67. The van der Waals surface area contributed by atoms with Gasteiger partial charge in [0, 0.05) is 25.4 Å². The summed E-state index contributed by atoms with van der Waals surface area (Å²) >= 11 is 5.68. The minimum Gasteiger partial charge on any atom is -0.375 e. The van der Waals surface area contributed by atoms with Crippen LogP contribution in [0.3, 0.4) is 0 Å². The number of benzene rings is 1. The van der Waals surface area contributed by atoms with Gasteiger partial charge in [-0.15, -0.1) is 0 Å². The molecule has 2 unspecified atom stereocenters. The van der Waals surface area contributed by atoms with Crippen LogP contribution in [0.1, 0.15) is 46.0 Å². The molecule has 2 aliphatic rings. The minimum absolute atomic E-state index is 0.0374. The van der Waals surface area contributed by atoms with Crippen molar-refractivity contribution in [1.82, 2.24) is 4.90 Å². The van der Waals surface area contributed by atoms with Crippen molar-refractivity contribution in [1.29, 1.82) is 0 Å². The molecule has 0 aliphatic carbocycles. The topological polar surface area (TPSA) is 24.5 Å². The molecule has 1 aromatic carbocycles. The number of likely N-dealkylation sites (tertiary alicyclic amines) is 1. The normalized spacial score (nSPS) is 31.1. The van der Waals surface area contributed by atoms with Crippen LogP contribution < -0.4 is 5.32 Å². The van der Waals surface area contributed by atoms with E-state index in [-0.39, 0.29) is 5.60 Å². The first-order valence-corrected chi connectivity index (χ1v) is 9.20. The summed E-state index contributed by atoms with van der Waals surface area (Å²) in [7, 11) is 0. The van der Waals surface area contributed by atoms with Gasteiger partial charge in [-0.1, -0.05) is 25.1 Å². The summed E-state index contributed by atoms with van der Waals surface area (Å²) in [5.74, 6) is 0. The summed E-state index contributed by atoms with van der Waals surface area (Å²) < 4.78 is 6.07. The van der Waals surface area contributed by atoms with Crippen LogP contribution in [0, 0.1) is 5.41 Å². The smallest absolute Gasteiger partial charge is 0.173 e. The molecule has 2 saturated heterocycles. The van der Waals surface area contributed by atoms with Gasteiger partial charge in [0.15, 0.2) is 5.11 Å². The fraction of sp³-hybridized carbons (Fsp3) is 0.632. The highest BCUT2D eigenvalue weighted by molar-refractivity contribution is 7.80. The lowest BCUT2D eigenvalue weighted by molar-refractivity contribution is -0.129. The van der Waals surface area contributed by atoms with Gasteiger partial charge in [0.2, 0.25) is 0 Å². The van der Waals surface area contributed by atoms with Crippen molar-refractivity contribution in [3.8, 4) is 0 Å². The van der Waals surface area contributed by atoms with Crippen molar-refractivity contribution in [3.63, 3.8) is 0 Å². The monoisotopic (exact) mass is 332 g/mol. The lowest BCUT2D eigenvalue weighted by atomic mass is 9.68. The summed E-state index contributed by atoms with van der Waals surface area (Å²) in [6.07, 6.45) is 5.92. The van der Waals surface area contributed by atoms with E-state index in [0.29, 0.717) is 5.41 Å². The van der Waals surface area contributed by atoms with Crippen LogP contribution in [0.15, 0.2) is 30.3 Å². The highest BCUT2D eigenvalue weighted by atomic mass is 32.1. The Morgan fingerprint density at radius 3 is 2.83 bits per heavy atom. The number of anilines is 1. The molecular weight excluding hydrogens is 304 g/mol. The Labute approximate surface area is 145 Å². The molecule has 2 fully saturated rings. The highest BCUT2D eigenvalue weighted by Crippen LogP contribution is 2.46. The summed E-state index contributed by atoms with van der Waals surface area (Å²) in [6.45, 7) is 7.51. The molecule has 23 heavy (non-hydrogen) atoms. The Kier molecular flexibility index (Phi) is 4.93. The number of para-hydroxylation sites is 1. The van der Waals surface area contributed by atoms with Crippen molar-refractivity contribution in [2.24, 2.45) is 5.41 Å². The van der Waals surface area contributed by atoms with Gasteiger partial charge >= 0.3 is 0 Å². The predicted molar refractivity (Wildman–Crippen MR) is 99.8 cm³/mol. The van der Waals surface area contributed by atoms with Gasteiger partial charge in [0.25, 0.3) is 0 Å². The number of nitrogens with one attached hydrogen (secondary N) is 1. The molecule has 126 valence electrons. The zero-order valence-electron chi connectivity index (χ0n) is 14.3. The van der Waals surface area contributed by atoms with Crippen molar-refractivity contribution in [2.75, 3.05) is 25.0 Å². The second-order valence-corrected chi connectivity index (χ2v) is 7.79. The second kappa shape index (κ2) is 6.78. The maximum atomic E-state index is 6.07.